The number of fused-ring (bicyclic) bond motifs is 3. The third-order valence-electron chi connectivity index (χ3n) is 7.02. The van der Waals surface area contributed by atoms with Crippen molar-refractivity contribution in [2.24, 2.45) is 22.7 Å². The van der Waals surface area contributed by atoms with Gasteiger partial charge in [-0.15, -0.1) is 0 Å². The van der Waals surface area contributed by atoms with E-state index in [1.807, 2.05) is 6.92 Å². The van der Waals surface area contributed by atoms with Crippen LogP contribution in [0.4, 0.5) is 0 Å². The average molecular weight is 334 g/mol. The first kappa shape index (κ1) is 17.8. The molecule has 0 aromatic carbocycles. The Morgan fingerprint density at radius 3 is 2.62 bits per heavy atom. The molecule has 0 saturated heterocycles. The maximum atomic E-state index is 12.7. The lowest BCUT2D eigenvalue weighted by atomic mass is 9.47. The van der Waals surface area contributed by atoms with Crippen molar-refractivity contribution >= 4 is 5.78 Å². The maximum absolute atomic E-state index is 12.7. The first-order valence-corrected chi connectivity index (χ1v) is 9.13. The molecule has 2 N–H and O–H groups in total. The van der Waals surface area contributed by atoms with Crippen LogP contribution in [0.5, 0.6) is 0 Å². The van der Waals surface area contributed by atoms with Crippen molar-refractivity contribution in [3.8, 4) is 0 Å². The monoisotopic (exact) mass is 334 g/mol. The molecule has 4 atom stereocenters. The Kier molecular flexibility index (Phi) is 4.30. The van der Waals surface area contributed by atoms with Gasteiger partial charge in [-0.25, -0.2) is 4.89 Å². The molecule has 24 heavy (non-hydrogen) atoms. The Bertz CT molecular complexity index is 603. The van der Waals surface area contributed by atoms with Crippen LogP contribution in [0, 0.1) is 22.7 Å². The van der Waals surface area contributed by atoms with E-state index in [0.29, 0.717) is 17.9 Å². The van der Waals surface area contributed by atoms with Crippen molar-refractivity contribution < 1.29 is 20.0 Å². The minimum Gasteiger partial charge on any atom is -0.396 e. The summed E-state index contributed by atoms with van der Waals surface area (Å²) < 4.78 is 0. The van der Waals surface area contributed by atoms with Crippen LogP contribution < -0.4 is 0 Å². The molecule has 0 aromatic rings. The lowest BCUT2D eigenvalue weighted by molar-refractivity contribution is -0.309. The highest BCUT2D eigenvalue weighted by atomic mass is 17.1. The second kappa shape index (κ2) is 5.79. The van der Waals surface area contributed by atoms with Gasteiger partial charge in [0.25, 0.3) is 0 Å². The summed E-state index contributed by atoms with van der Waals surface area (Å²) in [5, 5.41) is 19.3. The van der Waals surface area contributed by atoms with Gasteiger partial charge >= 0.3 is 0 Å². The third kappa shape index (κ3) is 2.42. The van der Waals surface area contributed by atoms with Gasteiger partial charge in [-0.05, 0) is 60.2 Å². The molecule has 3 aliphatic carbocycles. The van der Waals surface area contributed by atoms with Crippen LogP contribution in [0.3, 0.4) is 0 Å². The quantitative estimate of drug-likeness (QED) is 0.607. The van der Waals surface area contributed by atoms with Gasteiger partial charge in [-0.2, -0.15) is 0 Å². The maximum Gasteiger partial charge on any atom is 0.182 e. The van der Waals surface area contributed by atoms with E-state index in [2.05, 4.69) is 20.8 Å². The van der Waals surface area contributed by atoms with Crippen LogP contribution in [0.2, 0.25) is 0 Å². The minimum atomic E-state index is -0.911. The summed E-state index contributed by atoms with van der Waals surface area (Å²) in [6, 6.07) is 0. The molecule has 0 heterocycles. The van der Waals surface area contributed by atoms with Gasteiger partial charge in [-0.1, -0.05) is 34.1 Å². The molecule has 4 nitrogen and oxygen atoms in total. The highest BCUT2D eigenvalue weighted by Gasteiger charge is 2.58. The second-order valence-corrected chi connectivity index (χ2v) is 8.94. The van der Waals surface area contributed by atoms with Crippen LogP contribution >= 0.6 is 0 Å². The molecule has 134 valence electrons. The predicted octanol–water partition coefficient (Wildman–Crippen LogP) is 3.91. The molecule has 0 amide bonds. The van der Waals surface area contributed by atoms with Crippen molar-refractivity contribution in [2.75, 3.05) is 6.61 Å². The Morgan fingerprint density at radius 2 is 2.00 bits per heavy atom. The fourth-order valence-electron chi connectivity index (χ4n) is 5.71. The molecular weight excluding hydrogens is 304 g/mol. The van der Waals surface area contributed by atoms with Crippen molar-refractivity contribution in [1.82, 2.24) is 0 Å². The highest BCUT2D eigenvalue weighted by molar-refractivity contribution is 6.06. The zero-order valence-electron chi connectivity index (χ0n) is 15.3. The molecule has 3 aliphatic rings. The molecule has 0 aliphatic heterocycles. The molecule has 0 radical (unpaired) electrons. The normalized spacial score (nSPS) is 39.4. The molecule has 2 fully saturated rings. The number of allylic oxidation sites excluding steroid dienone is 1. The second-order valence-electron chi connectivity index (χ2n) is 8.94. The van der Waals surface area contributed by atoms with Crippen LogP contribution in [0.1, 0.15) is 59.8 Å². The lowest BCUT2D eigenvalue weighted by Gasteiger charge is -2.59. The Hall–Kier alpha value is -0.970. The summed E-state index contributed by atoms with van der Waals surface area (Å²) in [4.78, 5) is 17.8. The highest BCUT2D eigenvalue weighted by Crippen LogP contribution is 2.63. The molecule has 0 aromatic heterocycles. The van der Waals surface area contributed by atoms with E-state index in [9.17, 15) is 15.2 Å². The molecule has 3 rings (SSSR count). The zero-order chi connectivity index (χ0) is 17.8. The number of aliphatic hydroxyl groups excluding tert-OH is 1. The summed E-state index contributed by atoms with van der Waals surface area (Å²) in [5.41, 5.74) is 0.655. The third-order valence-corrected chi connectivity index (χ3v) is 7.02. The van der Waals surface area contributed by atoms with E-state index in [1.54, 1.807) is 12.2 Å². The summed E-state index contributed by atoms with van der Waals surface area (Å²) in [6.07, 6.45) is 8.46. The fraction of sp³-hybridized carbons (Fsp3) is 0.750. The predicted molar refractivity (Wildman–Crippen MR) is 92.3 cm³/mol. The number of carbonyl (C=O) groups is 1. The summed E-state index contributed by atoms with van der Waals surface area (Å²) in [7, 11) is 0. The Balaban J connectivity index is 2.09. The van der Waals surface area contributed by atoms with Crippen LogP contribution in [-0.2, 0) is 9.68 Å². The average Bonchev–Trinajstić information content (AvgIpc) is 2.53. The van der Waals surface area contributed by atoms with Crippen LogP contribution in [-0.4, -0.2) is 28.4 Å². The fourth-order valence-corrected chi connectivity index (χ4v) is 5.71. The number of rotatable bonds is 3. The molecule has 4 heteroatoms. The van der Waals surface area contributed by atoms with Gasteiger partial charge < -0.3 is 5.11 Å². The Morgan fingerprint density at radius 1 is 1.29 bits per heavy atom. The first-order valence-electron chi connectivity index (χ1n) is 9.13. The van der Waals surface area contributed by atoms with Gasteiger partial charge in [0, 0.05) is 18.1 Å². The molecule has 0 unspecified atom stereocenters. The van der Waals surface area contributed by atoms with E-state index in [0.717, 1.165) is 24.8 Å². The number of hydrogen-bond acceptors (Lipinski definition) is 4. The zero-order valence-corrected chi connectivity index (χ0v) is 15.3. The van der Waals surface area contributed by atoms with Gasteiger partial charge in [0.1, 0.15) is 5.60 Å². The summed E-state index contributed by atoms with van der Waals surface area (Å²) >= 11 is 0. The minimum absolute atomic E-state index is 0.0514. The van der Waals surface area contributed by atoms with Gasteiger partial charge in [-0.3, -0.25) is 10.1 Å². The molecule has 0 spiro atoms. The van der Waals surface area contributed by atoms with Crippen molar-refractivity contribution in [3.05, 3.63) is 23.3 Å². The number of hydrogen-bond donors (Lipinski definition) is 2. The van der Waals surface area contributed by atoms with E-state index in [4.69, 9.17) is 4.89 Å². The number of carbonyl (C=O) groups excluding carboxylic acids is 1. The van der Waals surface area contributed by atoms with Gasteiger partial charge in [0.15, 0.2) is 5.78 Å². The van der Waals surface area contributed by atoms with E-state index in [1.165, 1.54) is 6.42 Å². The van der Waals surface area contributed by atoms with Gasteiger partial charge in [0.05, 0.1) is 0 Å². The largest absolute Gasteiger partial charge is 0.396 e. The SMILES string of the molecule is C[C@H](CO)C1=C[C@@]2(OO)CC[C@@H]3C(C)(C)CCC[C@@]3(C)C2=CC1=O. The van der Waals surface area contributed by atoms with Crippen molar-refractivity contribution in [3.63, 3.8) is 0 Å². The number of ketones is 1. The Labute approximate surface area is 144 Å². The summed E-state index contributed by atoms with van der Waals surface area (Å²) in [5.74, 6) is 0.173. The van der Waals surface area contributed by atoms with E-state index < -0.39 is 5.60 Å². The molecule has 2 saturated carbocycles. The first-order chi connectivity index (χ1) is 11.2. The lowest BCUT2D eigenvalue weighted by Crippen LogP contribution is -2.55. The standard InChI is InChI=1S/C20H30O4/c1-13(12-21)14-11-20(24-23)9-6-16-18(2,3)7-5-8-19(16,4)17(20)10-15(14)22/h10-11,13,16,21,23H,5-9,12H2,1-4H3/t13-,16-,19-,20+/m1/s1. The topological polar surface area (TPSA) is 66.8 Å². The van der Waals surface area contributed by atoms with Crippen LogP contribution in [0.15, 0.2) is 23.3 Å². The molecule has 0 bridgehead atoms. The smallest absolute Gasteiger partial charge is 0.182 e. The van der Waals surface area contributed by atoms with Crippen LogP contribution in [0.25, 0.3) is 0 Å². The van der Waals surface area contributed by atoms with E-state index >= 15 is 0 Å². The van der Waals surface area contributed by atoms with Crippen molar-refractivity contribution in [2.45, 2.75) is 65.4 Å². The number of aliphatic hydroxyl groups is 1. The molecular formula is C20H30O4. The van der Waals surface area contributed by atoms with Gasteiger partial charge in [0.2, 0.25) is 0 Å². The van der Waals surface area contributed by atoms with Crippen molar-refractivity contribution in [1.29, 1.82) is 0 Å². The summed E-state index contributed by atoms with van der Waals surface area (Å²) in [6.45, 7) is 8.61. The van der Waals surface area contributed by atoms with E-state index in [-0.39, 0.29) is 29.1 Å².